The second kappa shape index (κ2) is 7.07. The van der Waals surface area contributed by atoms with E-state index in [1.165, 1.54) is 0 Å². The van der Waals surface area contributed by atoms with Crippen molar-refractivity contribution in [2.75, 3.05) is 23.8 Å². The van der Waals surface area contributed by atoms with Gasteiger partial charge in [-0.15, -0.1) is 0 Å². The maximum atomic E-state index is 12.2. The summed E-state index contributed by atoms with van der Waals surface area (Å²) < 4.78 is 6.67. The zero-order valence-electron chi connectivity index (χ0n) is 15.2. The van der Waals surface area contributed by atoms with Crippen LogP contribution in [0.3, 0.4) is 0 Å². The Hall–Kier alpha value is -3.03. The Bertz CT molecular complexity index is 792. The van der Waals surface area contributed by atoms with Gasteiger partial charge in [0.15, 0.2) is 0 Å². The summed E-state index contributed by atoms with van der Waals surface area (Å²) >= 11 is 0. The summed E-state index contributed by atoms with van der Waals surface area (Å²) in [6, 6.07) is 8.77. The summed E-state index contributed by atoms with van der Waals surface area (Å²) in [5.74, 6) is 0.624. The second-order valence-corrected chi connectivity index (χ2v) is 7.11. The molecule has 3 rings (SSSR count). The third kappa shape index (κ3) is 4.14. The largest absolute Gasteiger partial charge is 0.448 e. The molecule has 8 nitrogen and oxygen atoms in total. The van der Waals surface area contributed by atoms with Gasteiger partial charge in [0, 0.05) is 18.3 Å². The summed E-state index contributed by atoms with van der Waals surface area (Å²) in [6.07, 6.45) is 1.36. The predicted octanol–water partition coefficient (Wildman–Crippen LogP) is 3.23. The molecule has 0 spiro atoms. The topological polar surface area (TPSA) is 88.5 Å². The smallest absolute Gasteiger partial charge is 0.410 e. The molecule has 0 unspecified atom stereocenters. The van der Waals surface area contributed by atoms with Gasteiger partial charge in [-0.05, 0) is 38.5 Å². The Labute approximate surface area is 152 Å². The summed E-state index contributed by atoms with van der Waals surface area (Å²) in [4.78, 5) is 25.3. The number of benzene rings is 1. The standard InChI is InChI=1S/C18H23N5O3/c1-18(2,3)23-15(8-9-19-23)21-16(24)20-14-6-4-13(5-7-14)12-22-10-11-26-17(22)25/h4-9H,10-12H2,1-3H3,(H2,20,21,24). The molecule has 0 atom stereocenters. The average Bonchev–Trinajstić information content (AvgIpc) is 3.18. The van der Waals surface area contributed by atoms with Crippen LogP contribution in [0, 0.1) is 0 Å². The summed E-state index contributed by atoms with van der Waals surface area (Å²) in [6.45, 7) is 7.57. The fraction of sp³-hybridized carbons (Fsp3) is 0.389. The minimum atomic E-state index is -0.341. The quantitative estimate of drug-likeness (QED) is 0.879. The number of urea groups is 1. The van der Waals surface area contributed by atoms with Crippen molar-refractivity contribution in [2.45, 2.75) is 32.9 Å². The fourth-order valence-electron chi connectivity index (χ4n) is 2.69. The number of cyclic esters (lactones) is 1. The van der Waals surface area contributed by atoms with E-state index in [9.17, 15) is 9.59 Å². The van der Waals surface area contributed by atoms with E-state index in [4.69, 9.17) is 4.74 Å². The molecule has 1 aromatic carbocycles. The lowest BCUT2D eigenvalue weighted by Gasteiger charge is -2.22. The molecular weight excluding hydrogens is 334 g/mol. The molecule has 1 aliphatic rings. The number of ether oxygens (including phenoxy) is 1. The molecule has 1 saturated heterocycles. The molecule has 26 heavy (non-hydrogen) atoms. The first-order valence-electron chi connectivity index (χ1n) is 8.46. The van der Waals surface area contributed by atoms with Gasteiger partial charge in [0.2, 0.25) is 0 Å². The van der Waals surface area contributed by atoms with Crippen LogP contribution in [0.25, 0.3) is 0 Å². The lowest BCUT2D eigenvalue weighted by Crippen LogP contribution is -2.28. The Balaban J connectivity index is 1.58. The molecule has 1 aromatic heterocycles. The van der Waals surface area contributed by atoms with Crippen molar-refractivity contribution < 1.29 is 14.3 Å². The van der Waals surface area contributed by atoms with Gasteiger partial charge in [0.05, 0.1) is 18.3 Å². The van der Waals surface area contributed by atoms with Gasteiger partial charge in [-0.1, -0.05) is 12.1 Å². The van der Waals surface area contributed by atoms with Crippen molar-refractivity contribution in [3.05, 3.63) is 42.1 Å². The summed E-state index contributed by atoms with van der Waals surface area (Å²) in [7, 11) is 0. The number of carbonyl (C=O) groups is 2. The van der Waals surface area contributed by atoms with Gasteiger partial charge in [-0.3, -0.25) is 5.32 Å². The molecule has 0 bridgehead atoms. The van der Waals surface area contributed by atoms with Gasteiger partial charge >= 0.3 is 12.1 Å². The highest BCUT2D eigenvalue weighted by atomic mass is 16.6. The van der Waals surface area contributed by atoms with E-state index >= 15 is 0 Å². The minimum absolute atomic E-state index is 0.232. The van der Waals surface area contributed by atoms with Gasteiger partial charge in [-0.25, -0.2) is 14.3 Å². The third-order valence-corrected chi connectivity index (χ3v) is 3.95. The zero-order valence-corrected chi connectivity index (χ0v) is 15.2. The van der Waals surface area contributed by atoms with Crippen LogP contribution in [0.4, 0.5) is 21.1 Å². The van der Waals surface area contributed by atoms with E-state index in [0.717, 1.165) is 5.56 Å². The van der Waals surface area contributed by atoms with Crippen LogP contribution in [-0.2, 0) is 16.8 Å². The SMILES string of the molecule is CC(C)(C)n1nccc1NC(=O)Nc1ccc(CN2CCOC2=O)cc1. The summed E-state index contributed by atoms with van der Waals surface area (Å²) in [5.41, 5.74) is 1.41. The first-order valence-corrected chi connectivity index (χ1v) is 8.46. The number of anilines is 2. The monoisotopic (exact) mass is 357 g/mol. The second-order valence-electron chi connectivity index (χ2n) is 7.11. The number of hydrogen-bond acceptors (Lipinski definition) is 4. The fourth-order valence-corrected chi connectivity index (χ4v) is 2.69. The Kier molecular flexibility index (Phi) is 4.83. The molecule has 2 aromatic rings. The highest BCUT2D eigenvalue weighted by Crippen LogP contribution is 2.20. The van der Waals surface area contributed by atoms with Crippen molar-refractivity contribution in [3.63, 3.8) is 0 Å². The maximum Gasteiger partial charge on any atom is 0.410 e. The number of rotatable bonds is 4. The van der Waals surface area contributed by atoms with Crippen molar-refractivity contribution in [2.24, 2.45) is 0 Å². The molecule has 2 heterocycles. The number of nitrogens with one attached hydrogen (secondary N) is 2. The molecule has 2 N–H and O–H groups in total. The first kappa shape index (κ1) is 17.8. The molecule has 3 amide bonds. The van der Waals surface area contributed by atoms with Crippen LogP contribution in [0.2, 0.25) is 0 Å². The van der Waals surface area contributed by atoms with Crippen molar-refractivity contribution in [1.29, 1.82) is 0 Å². The number of nitrogens with zero attached hydrogens (tertiary/aromatic N) is 3. The average molecular weight is 357 g/mol. The van der Waals surface area contributed by atoms with Gasteiger partial charge in [0.1, 0.15) is 12.4 Å². The lowest BCUT2D eigenvalue weighted by molar-refractivity contribution is 0.157. The van der Waals surface area contributed by atoms with Crippen molar-refractivity contribution >= 4 is 23.6 Å². The highest BCUT2D eigenvalue weighted by Gasteiger charge is 2.22. The highest BCUT2D eigenvalue weighted by molar-refractivity contribution is 5.99. The number of hydrogen-bond donors (Lipinski definition) is 2. The Morgan fingerprint density at radius 1 is 1.19 bits per heavy atom. The van der Waals surface area contributed by atoms with Crippen LogP contribution in [0.1, 0.15) is 26.3 Å². The Morgan fingerprint density at radius 3 is 2.54 bits per heavy atom. The predicted molar refractivity (Wildman–Crippen MR) is 98.1 cm³/mol. The van der Waals surface area contributed by atoms with Crippen molar-refractivity contribution in [3.8, 4) is 0 Å². The third-order valence-electron chi connectivity index (χ3n) is 3.95. The van der Waals surface area contributed by atoms with E-state index < -0.39 is 0 Å². The van der Waals surface area contributed by atoms with Gasteiger partial charge in [0.25, 0.3) is 0 Å². The van der Waals surface area contributed by atoms with Crippen LogP contribution < -0.4 is 10.6 Å². The minimum Gasteiger partial charge on any atom is -0.448 e. The van der Waals surface area contributed by atoms with E-state index in [1.807, 2.05) is 32.9 Å². The summed E-state index contributed by atoms with van der Waals surface area (Å²) in [5, 5.41) is 9.84. The van der Waals surface area contributed by atoms with E-state index in [0.29, 0.717) is 31.2 Å². The van der Waals surface area contributed by atoms with Crippen molar-refractivity contribution in [1.82, 2.24) is 14.7 Å². The van der Waals surface area contributed by atoms with E-state index in [-0.39, 0.29) is 17.7 Å². The normalized spacial score (nSPS) is 14.3. The number of aromatic nitrogens is 2. The van der Waals surface area contributed by atoms with Crippen LogP contribution in [-0.4, -0.2) is 40.0 Å². The number of amides is 3. The van der Waals surface area contributed by atoms with Crippen LogP contribution >= 0.6 is 0 Å². The van der Waals surface area contributed by atoms with Crippen LogP contribution in [0.5, 0.6) is 0 Å². The first-order chi connectivity index (χ1) is 12.3. The maximum absolute atomic E-state index is 12.2. The molecule has 0 saturated carbocycles. The molecule has 1 aliphatic heterocycles. The molecule has 8 heteroatoms. The number of carbonyl (C=O) groups excluding carboxylic acids is 2. The zero-order chi connectivity index (χ0) is 18.7. The van der Waals surface area contributed by atoms with E-state index in [1.54, 1.807) is 34.0 Å². The van der Waals surface area contributed by atoms with Crippen LogP contribution in [0.15, 0.2) is 36.5 Å². The Morgan fingerprint density at radius 2 is 1.92 bits per heavy atom. The van der Waals surface area contributed by atoms with E-state index in [2.05, 4.69) is 15.7 Å². The molecular formula is C18H23N5O3. The molecule has 1 fully saturated rings. The lowest BCUT2D eigenvalue weighted by atomic mass is 10.1. The molecule has 0 radical (unpaired) electrons. The molecule has 138 valence electrons. The van der Waals surface area contributed by atoms with Gasteiger partial charge in [-0.2, -0.15) is 5.10 Å². The molecule has 0 aliphatic carbocycles. The van der Waals surface area contributed by atoms with Gasteiger partial charge < -0.3 is 15.0 Å².